The average Bonchev–Trinajstić information content (AvgIpc) is 2.97. The normalized spacial score (nSPS) is 21.1. The van der Waals surface area contributed by atoms with Gasteiger partial charge in [-0.2, -0.15) is 0 Å². The second kappa shape index (κ2) is 6.35. The van der Waals surface area contributed by atoms with Crippen LogP contribution in [0.2, 0.25) is 0 Å². The first kappa shape index (κ1) is 13.5. The Morgan fingerprint density at radius 3 is 2.75 bits per heavy atom. The van der Waals surface area contributed by atoms with Crippen LogP contribution in [0.3, 0.4) is 0 Å². The molecule has 110 valence electrons. The summed E-state index contributed by atoms with van der Waals surface area (Å²) in [5.74, 6) is 0.643. The molecule has 20 heavy (non-hydrogen) atoms. The van der Waals surface area contributed by atoms with Gasteiger partial charge in [-0.3, -0.25) is 4.79 Å². The van der Waals surface area contributed by atoms with E-state index in [1.54, 1.807) is 4.68 Å². The van der Waals surface area contributed by atoms with Gasteiger partial charge in [-0.05, 0) is 12.8 Å². The Bertz CT molecular complexity index is 448. The summed E-state index contributed by atoms with van der Waals surface area (Å²) >= 11 is 0. The molecule has 0 unspecified atom stereocenters. The third kappa shape index (κ3) is 3.17. The second-order valence-electron chi connectivity index (χ2n) is 5.67. The minimum atomic E-state index is 0.105. The average molecular weight is 278 g/mol. The van der Waals surface area contributed by atoms with Gasteiger partial charge in [0.2, 0.25) is 5.91 Å². The Morgan fingerprint density at radius 1 is 1.25 bits per heavy atom. The number of hydrogen-bond donors (Lipinski definition) is 0. The lowest BCUT2D eigenvalue weighted by Gasteiger charge is -2.26. The van der Waals surface area contributed by atoms with Crippen molar-refractivity contribution in [2.75, 3.05) is 26.3 Å². The third-order valence-corrected chi connectivity index (χ3v) is 4.24. The van der Waals surface area contributed by atoms with Crippen LogP contribution < -0.4 is 0 Å². The number of ether oxygens (including phenoxy) is 1. The predicted molar refractivity (Wildman–Crippen MR) is 73.2 cm³/mol. The Hall–Kier alpha value is -1.43. The van der Waals surface area contributed by atoms with E-state index in [0.717, 1.165) is 5.69 Å². The van der Waals surface area contributed by atoms with Gasteiger partial charge in [-0.15, -0.1) is 5.10 Å². The van der Waals surface area contributed by atoms with E-state index < -0.39 is 0 Å². The number of carbonyl (C=O) groups is 1. The SMILES string of the molecule is O=C(Cn1cc(C2CCCCC2)nn1)N1CCOCC1. The highest BCUT2D eigenvalue weighted by Crippen LogP contribution is 2.31. The van der Waals surface area contributed by atoms with Crippen molar-refractivity contribution >= 4 is 5.91 Å². The van der Waals surface area contributed by atoms with Crippen LogP contribution in [-0.4, -0.2) is 52.1 Å². The summed E-state index contributed by atoms with van der Waals surface area (Å²) in [4.78, 5) is 14.0. The minimum Gasteiger partial charge on any atom is -0.378 e. The van der Waals surface area contributed by atoms with E-state index in [9.17, 15) is 4.79 Å². The highest BCUT2D eigenvalue weighted by molar-refractivity contribution is 5.75. The largest absolute Gasteiger partial charge is 0.378 e. The van der Waals surface area contributed by atoms with E-state index in [1.165, 1.54) is 32.1 Å². The molecule has 1 saturated carbocycles. The van der Waals surface area contributed by atoms with Crippen LogP contribution in [0.5, 0.6) is 0 Å². The van der Waals surface area contributed by atoms with Crippen molar-refractivity contribution in [1.29, 1.82) is 0 Å². The Balaban J connectivity index is 1.57. The first-order valence-corrected chi connectivity index (χ1v) is 7.58. The zero-order chi connectivity index (χ0) is 13.8. The second-order valence-corrected chi connectivity index (χ2v) is 5.67. The molecule has 6 nitrogen and oxygen atoms in total. The smallest absolute Gasteiger partial charge is 0.244 e. The van der Waals surface area contributed by atoms with E-state index in [1.807, 2.05) is 11.1 Å². The highest BCUT2D eigenvalue weighted by atomic mass is 16.5. The summed E-state index contributed by atoms with van der Waals surface area (Å²) in [5, 5.41) is 8.37. The molecule has 0 spiro atoms. The molecule has 0 aromatic carbocycles. The summed E-state index contributed by atoms with van der Waals surface area (Å²) in [6.45, 7) is 2.93. The van der Waals surface area contributed by atoms with Gasteiger partial charge in [0.25, 0.3) is 0 Å². The van der Waals surface area contributed by atoms with Crippen molar-refractivity contribution in [3.63, 3.8) is 0 Å². The molecule has 0 radical (unpaired) electrons. The molecule has 1 aromatic heterocycles. The molecule has 1 aliphatic heterocycles. The lowest BCUT2D eigenvalue weighted by Crippen LogP contribution is -2.42. The quantitative estimate of drug-likeness (QED) is 0.833. The minimum absolute atomic E-state index is 0.105. The van der Waals surface area contributed by atoms with Gasteiger partial charge in [0.1, 0.15) is 6.54 Å². The van der Waals surface area contributed by atoms with Crippen LogP contribution in [0, 0.1) is 0 Å². The maximum atomic E-state index is 12.1. The summed E-state index contributed by atoms with van der Waals surface area (Å²) in [5.41, 5.74) is 1.06. The zero-order valence-corrected chi connectivity index (χ0v) is 11.8. The van der Waals surface area contributed by atoms with Crippen molar-refractivity contribution in [1.82, 2.24) is 19.9 Å². The molecular weight excluding hydrogens is 256 g/mol. The zero-order valence-electron chi connectivity index (χ0n) is 11.8. The van der Waals surface area contributed by atoms with Crippen LogP contribution in [0.25, 0.3) is 0 Å². The van der Waals surface area contributed by atoms with Crippen molar-refractivity contribution in [3.05, 3.63) is 11.9 Å². The van der Waals surface area contributed by atoms with E-state index >= 15 is 0 Å². The molecule has 1 amide bonds. The van der Waals surface area contributed by atoms with E-state index in [4.69, 9.17) is 4.74 Å². The fraction of sp³-hybridized carbons (Fsp3) is 0.786. The van der Waals surface area contributed by atoms with Gasteiger partial charge in [0, 0.05) is 25.2 Å². The van der Waals surface area contributed by atoms with Crippen LogP contribution in [0.4, 0.5) is 0 Å². The van der Waals surface area contributed by atoms with Gasteiger partial charge in [0.05, 0.1) is 18.9 Å². The lowest BCUT2D eigenvalue weighted by atomic mass is 9.87. The molecule has 2 heterocycles. The highest BCUT2D eigenvalue weighted by Gasteiger charge is 2.21. The van der Waals surface area contributed by atoms with Crippen LogP contribution in [0.1, 0.15) is 43.7 Å². The van der Waals surface area contributed by atoms with Gasteiger partial charge in [-0.25, -0.2) is 4.68 Å². The number of morpholine rings is 1. The molecule has 1 aliphatic carbocycles. The predicted octanol–water partition coefficient (Wildman–Crippen LogP) is 1.18. The fourth-order valence-corrected chi connectivity index (χ4v) is 3.03. The Kier molecular flexibility index (Phi) is 4.30. The number of carbonyl (C=O) groups excluding carboxylic acids is 1. The molecule has 0 N–H and O–H groups in total. The fourth-order valence-electron chi connectivity index (χ4n) is 3.03. The Labute approximate surface area is 119 Å². The van der Waals surface area contributed by atoms with Crippen LogP contribution in [-0.2, 0) is 16.1 Å². The molecule has 3 rings (SSSR count). The van der Waals surface area contributed by atoms with Crippen LogP contribution >= 0.6 is 0 Å². The molecular formula is C14H22N4O2. The van der Waals surface area contributed by atoms with Gasteiger partial charge >= 0.3 is 0 Å². The number of nitrogens with zero attached hydrogens (tertiary/aromatic N) is 4. The first-order valence-electron chi connectivity index (χ1n) is 7.58. The van der Waals surface area contributed by atoms with Crippen molar-refractivity contribution in [2.24, 2.45) is 0 Å². The maximum Gasteiger partial charge on any atom is 0.244 e. The third-order valence-electron chi connectivity index (χ3n) is 4.24. The monoisotopic (exact) mass is 278 g/mol. The summed E-state index contributed by atoms with van der Waals surface area (Å²) in [7, 11) is 0. The van der Waals surface area contributed by atoms with Gasteiger partial charge < -0.3 is 9.64 Å². The molecule has 2 fully saturated rings. The van der Waals surface area contributed by atoms with Crippen LogP contribution in [0.15, 0.2) is 6.20 Å². The Morgan fingerprint density at radius 2 is 2.00 bits per heavy atom. The first-order chi connectivity index (χ1) is 9.83. The molecule has 2 aliphatic rings. The maximum absolute atomic E-state index is 12.1. The number of amides is 1. The lowest BCUT2D eigenvalue weighted by molar-refractivity contribution is -0.136. The number of rotatable bonds is 3. The summed E-state index contributed by atoms with van der Waals surface area (Å²) < 4.78 is 6.94. The van der Waals surface area contributed by atoms with Gasteiger partial charge in [-0.1, -0.05) is 24.5 Å². The number of hydrogen-bond acceptors (Lipinski definition) is 4. The van der Waals surface area contributed by atoms with Gasteiger partial charge in [0.15, 0.2) is 0 Å². The summed E-state index contributed by atoms with van der Waals surface area (Å²) in [6.07, 6.45) is 8.26. The molecule has 1 aromatic rings. The molecule has 0 atom stereocenters. The standard InChI is InChI=1S/C14H22N4O2/c19-14(17-6-8-20-9-7-17)11-18-10-13(15-16-18)12-4-2-1-3-5-12/h10,12H,1-9,11H2. The molecule has 6 heteroatoms. The number of aromatic nitrogens is 3. The molecule has 1 saturated heterocycles. The van der Waals surface area contributed by atoms with Crippen molar-refractivity contribution in [2.45, 2.75) is 44.6 Å². The van der Waals surface area contributed by atoms with E-state index in [0.29, 0.717) is 38.8 Å². The van der Waals surface area contributed by atoms with E-state index in [2.05, 4.69) is 10.3 Å². The topological polar surface area (TPSA) is 60.2 Å². The summed E-state index contributed by atoms with van der Waals surface area (Å²) in [6, 6.07) is 0. The molecule has 0 bridgehead atoms. The van der Waals surface area contributed by atoms with Crippen molar-refractivity contribution < 1.29 is 9.53 Å². The van der Waals surface area contributed by atoms with Crippen molar-refractivity contribution in [3.8, 4) is 0 Å². The van der Waals surface area contributed by atoms with E-state index in [-0.39, 0.29) is 5.91 Å².